The van der Waals surface area contributed by atoms with Crippen molar-refractivity contribution in [3.05, 3.63) is 76.7 Å². The van der Waals surface area contributed by atoms with E-state index in [1.54, 1.807) is 12.3 Å². The van der Waals surface area contributed by atoms with Gasteiger partial charge in [-0.2, -0.15) is 0 Å². The molecule has 0 saturated carbocycles. The summed E-state index contributed by atoms with van der Waals surface area (Å²) in [5, 5.41) is 0. The zero-order chi connectivity index (χ0) is 13.9. The van der Waals surface area contributed by atoms with Gasteiger partial charge in [0.15, 0.2) is 0 Å². The Balaban J connectivity index is 2.12. The molecular weight excluding hydrogens is 248 g/mol. The number of aromatic nitrogens is 2. The third-order valence-corrected chi connectivity index (χ3v) is 3.17. The van der Waals surface area contributed by atoms with Gasteiger partial charge in [-0.15, -0.1) is 0 Å². The predicted molar refractivity (Wildman–Crippen MR) is 80.5 cm³/mol. The number of nitrogens with one attached hydrogen (secondary N) is 1. The number of hydrogen-bond donors (Lipinski definition) is 1. The molecule has 3 rings (SSSR count). The molecule has 1 aromatic carbocycles. The maximum atomic E-state index is 11.8. The minimum atomic E-state index is -0.122. The highest BCUT2D eigenvalue weighted by atomic mass is 16.1. The standard InChI is InChI=1S/C17H14N2O/c1-12-5-7-13(8-6-12)14-10-16(19-17(20)11-14)15-4-2-3-9-18-15/h2-11H,1H3,(H,19,20). The van der Waals surface area contributed by atoms with Crippen LogP contribution in [0.3, 0.4) is 0 Å². The van der Waals surface area contributed by atoms with Crippen molar-refractivity contribution in [2.75, 3.05) is 0 Å². The molecule has 0 unspecified atom stereocenters. The van der Waals surface area contributed by atoms with E-state index in [1.807, 2.05) is 55.5 Å². The smallest absolute Gasteiger partial charge is 0.249 e. The average Bonchev–Trinajstić information content (AvgIpc) is 2.48. The van der Waals surface area contributed by atoms with E-state index in [1.165, 1.54) is 5.56 Å². The summed E-state index contributed by atoms with van der Waals surface area (Å²) in [7, 11) is 0. The summed E-state index contributed by atoms with van der Waals surface area (Å²) in [5.41, 5.74) is 4.49. The quantitative estimate of drug-likeness (QED) is 0.769. The zero-order valence-corrected chi connectivity index (χ0v) is 11.1. The van der Waals surface area contributed by atoms with Crippen molar-refractivity contribution in [1.29, 1.82) is 0 Å². The Morgan fingerprint density at radius 3 is 2.45 bits per heavy atom. The van der Waals surface area contributed by atoms with Crippen LogP contribution in [-0.4, -0.2) is 9.97 Å². The molecule has 1 N–H and O–H groups in total. The highest BCUT2D eigenvalue weighted by Gasteiger charge is 2.04. The molecule has 0 aliphatic carbocycles. The lowest BCUT2D eigenvalue weighted by Crippen LogP contribution is -2.06. The molecule has 0 aliphatic heterocycles. The molecule has 0 saturated heterocycles. The summed E-state index contributed by atoms with van der Waals surface area (Å²) in [5.74, 6) is 0. The van der Waals surface area contributed by atoms with Crippen LogP contribution in [0, 0.1) is 6.92 Å². The first-order valence-electron chi connectivity index (χ1n) is 6.45. The molecule has 98 valence electrons. The van der Waals surface area contributed by atoms with Crippen molar-refractivity contribution in [2.24, 2.45) is 0 Å². The van der Waals surface area contributed by atoms with Crippen LogP contribution in [0.25, 0.3) is 22.5 Å². The first kappa shape index (κ1) is 12.4. The molecule has 2 heterocycles. The van der Waals surface area contributed by atoms with Crippen LogP contribution in [0.4, 0.5) is 0 Å². The molecule has 0 fully saturated rings. The Morgan fingerprint density at radius 2 is 1.75 bits per heavy atom. The molecule has 0 spiro atoms. The Labute approximate surface area is 117 Å². The monoisotopic (exact) mass is 262 g/mol. The summed E-state index contributed by atoms with van der Waals surface area (Å²) >= 11 is 0. The van der Waals surface area contributed by atoms with Crippen molar-refractivity contribution >= 4 is 0 Å². The highest BCUT2D eigenvalue weighted by molar-refractivity contribution is 5.68. The summed E-state index contributed by atoms with van der Waals surface area (Å²) in [6, 6.07) is 17.3. The van der Waals surface area contributed by atoms with Gasteiger partial charge in [0.2, 0.25) is 5.56 Å². The number of pyridine rings is 2. The van der Waals surface area contributed by atoms with Crippen molar-refractivity contribution in [3.8, 4) is 22.5 Å². The van der Waals surface area contributed by atoms with E-state index in [9.17, 15) is 4.79 Å². The van der Waals surface area contributed by atoms with E-state index in [4.69, 9.17) is 0 Å². The molecule has 0 bridgehead atoms. The van der Waals surface area contributed by atoms with Crippen LogP contribution in [0.15, 0.2) is 65.6 Å². The second-order valence-corrected chi connectivity index (χ2v) is 4.73. The summed E-state index contributed by atoms with van der Waals surface area (Å²) in [4.78, 5) is 18.9. The number of aromatic amines is 1. The number of aryl methyl sites for hydroxylation is 1. The average molecular weight is 262 g/mol. The van der Waals surface area contributed by atoms with Crippen LogP contribution in [0.5, 0.6) is 0 Å². The van der Waals surface area contributed by atoms with E-state index in [0.29, 0.717) is 0 Å². The molecule has 0 amide bonds. The second-order valence-electron chi connectivity index (χ2n) is 4.73. The zero-order valence-electron chi connectivity index (χ0n) is 11.1. The van der Waals surface area contributed by atoms with Gasteiger partial charge in [-0.05, 0) is 36.2 Å². The third kappa shape index (κ3) is 2.52. The van der Waals surface area contributed by atoms with Gasteiger partial charge in [-0.25, -0.2) is 0 Å². The maximum Gasteiger partial charge on any atom is 0.249 e. The lowest BCUT2D eigenvalue weighted by molar-refractivity contribution is 1.20. The van der Waals surface area contributed by atoms with Crippen molar-refractivity contribution in [3.63, 3.8) is 0 Å². The van der Waals surface area contributed by atoms with Crippen LogP contribution >= 0.6 is 0 Å². The number of nitrogens with zero attached hydrogens (tertiary/aromatic N) is 1. The van der Waals surface area contributed by atoms with Gasteiger partial charge in [-0.3, -0.25) is 9.78 Å². The Bertz CT molecular complexity index is 774. The van der Waals surface area contributed by atoms with Gasteiger partial charge in [0, 0.05) is 12.3 Å². The fourth-order valence-electron chi connectivity index (χ4n) is 2.12. The minimum Gasteiger partial charge on any atom is -0.321 e. The molecule has 3 heteroatoms. The number of hydrogen-bond acceptors (Lipinski definition) is 2. The first-order valence-corrected chi connectivity index (χ1v) is 6.45. The van der Waals surface area contributed by atoms with Gasteiger partial charge >= 0.3 is 0 Å². The molecule has 3 nitrogen and oxygen atoms in total. The molecule has 0 radical (unpaired) electrons. The van der Waals surface area contributed by atoms with E-state index in [2.05, 4.69) is 9.97 Å². The summed E-state index contributed by atoms with van der Waals surface area (Å²) in [6.07, 6.45) is 1.71. The van der Waals surface area contributed by atoms with Crippen LogP contribution < -0.4 is 5.56 Å². The molecule has 20 heavy (non-hydrogen) atoms. The van der Waals surface area contributed by atoms with E-state index in [-0.39, 0.29) is 5.56 Å². The molecule has 0 atom stereocenters. The van der Waals surface area contributed by atoms with Crippen LogP contribution in [0.1, 0.15) is 5.56 Å². The Kier molecular flexibility index (Phi) is 3.17. The number of H-pyrrole nitrogens is 1. The van der Waals surface area contributed by atoms with Gasteiger partial charge in [0.1, 0.15) is 0 Å². The van der Waals surface area contributed by atoms with E-state index >= 15 is 0 Å². The van der Waals surface area contributed by atoms with Gasteiger partial charge < -0.3 is 4.98 Å². The van der Waals surface area contributed by atoms with Gasteiger partial charge in [0.25, 0.3) is 0 Å². The normalized spacial score (nSPS) is 10.4. The van der Waals surface area contributed by atoms with E-state index in [0.717, 1.165) is 22.5 Å². The number of benzene rings is 1. The fraction of sp³-hybridized carbons (Fsp3) is 0.0588. The fourth-order valence-corrected chi connectivity index (χ4v) is 2.12. The minimum absolute atomic E-state index is 0.122. The Hall–Kier alpha value is -2.68. The van der Waals surface area contributed by atoms with Gasteiger partial charge in [0.05, 0.1) is 11.4 Å². The third-order valence-electron chi connectivity index (χ3n) is 3.17. The SMILES string of the molecule is Cc1ccc(-c2cc(-c3ccccn3)[nH]c(=O)c2)cc1. The van der Waals surface area contributed by atoms with Crippen LogP contribution in [-0.2, 0) is 0 Å². The molecule has 0 aliphatic rings. The number of rotatable bonds is 2. The van der Waals surface area contributed by atoms with Crippen LogP contribution in [0.2, 0.25) is 0 Å². The summed E-state index contributed by atoms with van der Waals surface area (Å²) < 4.78 is 0. The first-order chi connectivity index (χ1) is 9.72. The van der Waals surface area contributed by atoms with E-state index < -0.39 is 0 Å². The maximum absolute atomic E-state index is 11.8. The van der Waals surface area contributed by atoms with Crippen molar-refractivity contribution in [1.82, 2.24) is 9.97 Å². The topological polar surface area (TPSA) is 45.8 Å². The van der Waals surface area contributed by atoms with Crippen molar-refractivity contribution in [2.45, 2.75) is 6.92 Å². The molecular formula is C17H14N2O. The summed E-state index contributed by atoms with van der Waals surface area (Å²) in [6.45, 7) is 2.04. The van der Waals surface area contributed by atoms with Gasteiger partial charge in [-0.1, -0.05) is 35.9 Å². The lowest BCUT2D eigenvalue weighted by atomic mass is 10.0. The lowest BCUT2D eigenvalue weighted by Gasteiger charge is -2.05. The molecule has 3 aromatic rings. The van der Waals surface area contributed by atoms with Crippen molar-refractivity contribution < 1.29 is 0 Å². The molecule has 2 aromatic heterocycles. The largest absolute Gasteiger partial charge is 0.321 e. The Morgan fingerprint density at radius 1 is 0.950 bits per heavy atom. The highest BCUT2D eigenvalue weighted by Crippen LogP contribution is 2.22. The second kappa shape index (κ2) is 5.13. The predicted octanol–water partition coefficient (Wildman–Crippen LogP) is 3.41.